The predicted molar refractivity (Wildman–Crippen MR) is 77.1 cm³/mol. The maximum absolute atomic E-state index is 11.4. The Hall–Kier alpha value is -1.81. The Morgan fingerprint density at radius 3 is 2.63 bits per heavy atom. The van der Waals surface area contributed by atoms with Gasteiger partial charge in [0.1, 0.15) is 12.4 Å². The number of carbonyl (C=O) groups excluding carboxylic acids is 1. The molecule has 19 heavy (non-hydrogen) atoms. The van der Waals surface area contributed by atoms with Crippen molar-refractivity contribution in [2.24, 2.45) is 0 Å². The first kappa shape index (κ1) is 15.2. The van der Waals surface area contributed by atoms with E-state index < -0.39 is 0 Å². The molecule has 0 aliphatic carbocycles. The van der Waals surface area contributed by atoms with Gasteiger partial charge in [-0.25, -0.2) is 0 Å². The Morgan fingerprint density at radius 2 is 2.05 bits per heavy atom. The number of amides is 1. The van der Waals surface area contributed by atoms with Crippen molar-refractivity contribution >= 4 is 5.91 Å². The zero-order chi connectivity index (χ0) is 14.1. The molecule has 0 spiro atoms. The molecule has 0 saturated carbocycles. The Balaban J connectivity index is 2.29. The highest BCUT2D eigenvalue weighted by Gasteiger charge is 2.02. The highest BCUT2D eigenvalue weighted by Crippen LogP contribution is 2.11. The Morgan fingerprint density at radius 1 is 1.37 bits per heavy atom. The van der Waals surface area contributed by atoms with Crippen molar-refractivity contribution < 1.29 is 9.53 Å². The molecule has 1 amide bonds. The molecule has 0 aliphatic rings. The molecule has 2 N–H and O–H groups in total. The predicted octanol–water partition coefficient (Wildman–Crippen LogP) is 1.87. The van der Waals surface area contributed by atoms with Crippen LogP contribution in [0.15, 0.2) is 36.9 Å². The van der Waals surface area contributed by atoms with Crippen LogP contribution in [-0.4, -0.2) is 25.1 Å². The van der Waals surface area contributed by atoms with Gasteiger partial charge in [-0.15, -0.1) is 0 Å². The molecule has 0 unspecified atom stereocenters. The molecule has 4 nitrogen and oxygen atoms in total. The highest BCUT2D eigenvalue weighted by molar-refractivity contribution is 5.78. The minimum atomic E-state index is 0.0148. The molecular weight excluding hydrogens is 240 g/mol. The summed E-state index contributed by atoms with van der Waals surface area (Å²) in [6.07, 6.45) is 1.71. The number of nitrogens with one attached hydrogen (secondary N) is 2. The largest absolute Gasteiger partial charge is 0.490 e. The summed E-state index contributed by atoms with van der Waals surface area (Å²) in [7, 11) is 0. The Bertz CT molecular complexity index is 399. The van der Waals surface area contributed by atoms with Crippen LogP contribution < -0.4 is 15.4 Å². The van der Waals surface area contributed by atoms with Crippen LogP contribution in [0.5, 0.6) is 5.75 Å². The minimum absolute atomic E-state index is 0.0148. The van der Waals surface area contributed by atoms with Gasteiger partial charge in [-0.1, -0.05) is 24.8 Å². The first-order chi connectivity index (χ1) is 9.11. The van der Waals surface area contributed by atoms with Gasteiger partial charge in [0.25, 0.3) is 0 Å². The number of ether oxygens (including phenoxy) is 1. The molecular formula is C15H22N2O2. The van der Waals surface area contributed by atoms with E-state index in [9.17, 15) is 4.79 Å². The van der Waals surface area contributed by atoms with Crippen LogP contribution in [0.3, 0.4) is 0 Å². The SMILES string of the molecule is C=CCOc1ccc(CNCC(=O)NC(C)C)cc1. The zero-order valence-electron chi connectivity index (χ0n) is 11.6. The summed E-state index contributed by atoms with van der Waals surface area (Å²) >= 11 is 0. The van der Waals surface area contributed by atoms with Gasteiger partial charge in [0.05, 0.1) is 6.54 Å². The standard InChI is InChI=1S/C15H22N2O2/c1-4-9-19-14-7-5-13(6-8-14)10-16-11-15(18)17-12(2)3/h4-8,12,16H,1,9-11H2,2-3H3,(H,17,18). The quantitative estimate of drug-likeness (QED) is 0.703. The molecule has 0 aromatic heterocycles. The smallest absolute Gasteiger partial charge is 0.234 e. The summed E-state index contributed by atoms with van der Waals surface area (Å²) in [5.41, 5.74) is 1.11. The third-order valence-corrected chi connectivity index (χ3v) is 2.36. The first-order valence-corrected chi connectivity index (χ1v) is 6.44. The van der Waals surface area contributed by atoms with Crippen LogP contribution in [-0.2, 0) is 11.3 Å². The molecule has 0 radical (unpaired) electrons. The van der Waals surface area contributed by atoms with E-state index in [0.29, 0.717) is 19.7 Å². The summed E-state index contributed by atoms with van der Waals surface area (Å²) in [6.45, 7) is 8.98. The summed E-state index contributed by atoms with van der Waals surface area (Å²) in [5.74, 6) is 0.835. The van der Waals surface area contributed by atoms with E-state index in [0.717, 1.165) is 11.3 Å². The average Bonchev–Trinajstić information content (AvgIpc) is 2.37. The number of rotatable bonds is 8. The Labute approximate surface area is 114 Å². The Kier molecular flexibility index (Phi) is 6.68. The van der Waals surface area contributed by atoms with Gasteiger partial charge in [0, 0.05) is 12.6 Å². The van der Waals surface area contributed by atoms with Gasteiger partial charge in [-0.3, -0.25) is 4.79 Å². The van der Waals surface area contributed by atoms with Gasteiger partial charge in [-0.05, 0) is 31.5 Å². The van der Waals surface area contributed by atoms with E-state index in [-0.39, 0.29) is 11.9 Å². The average molecular weight is 262 g/mol. The van der Waals surface area contributed by atoms with E-state index in [4.69, 9.17) is 4.74 Å². The van der Waals surface area contributed by atoms with Gasteiger partial charge in [0.15, 0.2) is 0 Å². The minimum Gasteiger partial charge on any atom is -0.490 e. The lowest BCUT2D eigenvalue weighted by Gasteiger charge is -2.09. The van der Waals surface area contributed by atoms with Gasteiger partial charge < -0.3 is 15.4 Å². The third-order valence-electron chi connectivity index (χ3n) is 2.36. The normalized spacial score (nSPS) is 10.3. The van der Waals surface area contributed by atoms with Crippen LogP contribution in [0.25, 0.3) is 0 Å². The fourth-order valence-corrected chi connectivity index (χ4v) is 1.55. The molecule has 1 rings (SSSR count). The van der Waals surface area contributed by atoms with Crippen LogP contribution in [0.4, 0.5) is 0 Å². The van der Waals surface area contributed by atoms with E-state index in [1.165, 1.54) is 0 Å². The monoisotopic (exact) mass is 262 g/mol. The second kappa shape index (κ2) is 8.32. The number of carbonyl (C=O) groups is 1. The fourth-order valence-electron chi connectivity index (χ4n) is 1.55. The van der Waals surface area contributed by atoms with Crippen LogP contribution >= 0.6 is 0 Å². The summed E-state index contributed by atoms with van der Waals surface area (Å²) in [5, 5.41) is 5.93. The number of hydrogen-bond donors (Lipinski definition) is 2. The van der Waals surface area contributed by atoms with Gasteiger partial charge >= 0.3 is 0 Å². The summed E-state index contributed by atoms with van der Waals surface area (Å²) in [4.78, 5) is 11.4. The second-order valence-electron chi connectivity index (χ2n) is 4.57. The van der Waals surface area contributed by atoms with Crippen molar-refractivity contribution in [3.05, 3.63) is 42.5 Å². The van der Waals surface area contributed by atoms with E-state index in [1.54, 1.807) is 6.08 Å². The van der Waals surface area contributed by atoms with E-state index >= 15 is 0 Å². The van der Waals surface area contributed by atoms with Crippen molar-refractivity contribution in [3.8, 4) is 5.75 Å². The van der Waals surface area contributed by atoms with Crippen LogP contribution in [0.2, 0.25) is 0 Å². The molecule has 0 aliphatic heterocycles. The van der Waals surface area contributed by atoms with Gasteiger partial charge in [0.2, 0.25) is 5.91 Å². The third kappa shape index (κ3) is 6.62. The van der Waals surface area contributed by atoms with E-state index in [1.807, 2.05) is 38.1 Å². The first-order valence-electron chi connectivity index (χ1n) is 6.44. The molecule has 0 heterocycles. The molecule has 0 saturated heterocycles. The number of hydrogen-bond acceptors (Lipinski definition) is 3. The summed E-state index contributed by atoms with van der Waals surface area (Å²) in [6, 6.07) is 7.96. The van der Waals surface area contributed by atoms with Crippen molar-refractivity contribution in [1.82, 2.24) is 10.6 Å². The molecule has 1 aromatic carbocycles. The molecule has 0 atom stereocenters. The topological polar surface area (TPSA) is 50.4 Å². The van der Waals surface area contributed by atoms with Crippen molar-refractivity contribution in [3.63, 3.8) is 0 Å². The summed E-state index contributed by atoms with van der Waals surface area (Å²) < 4.78 is 5.39. The van der Waals surface area contributed by atoms with Crippen molar-refractivity contribution in [2.45, 2.75) is 26.4 Å². The van der Waals surface area contributed by atoms with E-state index in [2.05, 4.69) is 17.2 Å². The van der Waals surface area contributed by atoms with Gasteiger partial charge in [-0.2, -0.15) is 0 Å². The molecule has 1 aromatic rings. The molecule has 0 bridgehead atoms. The van der Waals surface area contributed by atoms with Crippen LogP contribution in [0.1, 0.15) is 19.4 Å². The van der Waals surface area contributed by atoms with Crippen molar-refractivity contribution in [2.75, 3.05) is 13.2 Å². The highest BCUT2D eigenvalue weighted by atomic mass is 16.5. The van der Waals surface area contributed by atoms with Crippen LogP contribution in [0, 0.1) is 0 Å². The number of benzene rings is 1. The maximum atomic E-state index is 11.4. The lowest BCUT2D eigenvalue weighted by atomic mass is 10.2. The lowest BCUT2D eigenvalue weighted by molar-refractivity contribution is -0.120. The molecule has 104 valence electrons. The lowest BCUT2D eigenvalue weighted by Crippen LogP contribution is -2.37. The zero-order valence-corrected chi connectivity index (χ0v) is 11.6. The maximum Gasteiger partial charge on any atom is 0.234 e. The van der Waals surface area contributed by atoms with Crippen molar-refractivity contribution in [1.29, 1.82) is 0 Å². The molecule has 4 heteroatoms. The molecule has 0 fully saturated rings. The second-order valence-corrected chi connectivity index (χ2v) is 4.57. The fraction of sp³-hybridized carbons (Fsp3) is 0.400.